The Balaban J connectivity index is 1.61. The predicted octanol–water partition coefficient (Wildman–Crippen LogP) is 5.43. The van der Waals surface area contributed by atoms with Crippen molar-refractivity contribution in [2.45, 2.75) is 77.9 Å². The third-order valence-electron chi connectivity index (χ3n) is 4.30. The van der Waals surface area contributed by atoms with Gasteiger partial charge in [0.1, 0.15) is 0 Å². The molecule has 1 aliphatic rings. The van der Waals surface area contributed by atoms with Gasteiger partial charge in [-0.1, -0.05) is 64.0 Å². The summed E-state index contributed by atoms with van der Waals surface area (Å²) in [7, 11) is 0. The second kappa shape index (κ2) is 8.99. The Labute approximate surface area is 128 Å². The molecule has 1 aliphatic heterocycles. The minimum Gasteiger partial charge on any atom is -0.372 e. The maximum Gasteiger partial charge on any atom is 0.162 e. The highest BCUT2D eigenvalue weighted by Crippen LogP contribution is 2.22. The third-order valence-corrected chi connectivity index (χ3v) is 4.30. The molecular formula is C19H28O2. The van der Waals surface area contributed by atoms with Crippen molar-refractivity contribution in [2.75, 3.05) is 0 Å². The van der Waals surface area contributed by atoms with Crippen LogP contribution in [0.15, 0.2) is 18.2 Å². The van der Waals surface area contributed by atoms with Crippen molar-refractivity contribution in [2.24, 2.45) is 0 Å². The smallest absolute Gasteiger partial charge is 0.162 e. The summed E-state index contributed by atoms with van der Waals surface area (Å²) in [6, 6.07) is 6.03. The molecule has 1 aromatic carbocycles. The molecule has 21 heavy (non-hydrogen) atoms. The van der Waals surface area contributed by atoms with E-state index < -0.39 is 0 Å². The highest BCUT2D eigenvalue weighted by molar-refractivity contribution is 5.96. The molecule has 0 bridgehead atoms. The zero-order valence-electron chi connectivity index (χ0n) is 13.3. The molecule has 1 heterocycles. The number of ketones is 1. The van der Waals surface area contributed by atoms with E-state index in [0.29, 0.717) is 19.6 Å². The molecule has 2 rings (SSSR count). The van der Waals surface area contributed by atoms with Crippen LogP contribution in [-0.2, 0) is 18.0 Å². The Bertz CT molecular complexity index is 451. The Kier molecular flexibility index (Phi) is 6.94. The standard InChI is InChI=1S/C19H28O2/c1-2-3-4-5-6-7-8-9-10-19(20)16-11-12-17-14-21-15-18(17)13-16/h11-13H,2-10,14-15H2,1H3. The Morgan fingerprint density at radius 3 is 2.38 bits per heavy atom. The average Bonchev–Trinajstić information content (AvgIpc) is 2.97. The molecule has 2 nitrogen and oxygen atoms in total. The molecule has 0 radical (unpaired) electrons. The minimum atomic E-state index is 0.288. The topological polar surface area (TPSA) is 26.3 Å². The Morgan fingerprint density at radius 1 is 0.952 bits per heavy atom. The maximum atomic E-state index is 12.2. The van der Waals surface area contributed by atoms with Gasteiger partial charge in [-0.05, 0) is 23.6 Å². The number of benzene rings is 1. The van der Waals surface area contributed by atoms with Crippen LogP contribution in [0.3, 0.4) is 0 Å². The van der Waals surface area contributed by atoms with Gasteiger partial charge >= 0.3 is 0 Å². The molecular weight excluding hydrogens is 260 g/mol. The van der Waals surface area contributed by atoms with Crippen LogP contribution in [0.1, 0.15) is 86.2 Å². The summed E-state index contributed by atoms with van der Waals surface area (Å²) in [5, 5.41) is 0. The fraction of sp³-hybridized carbons (Fsp3) is 0.632. The van der Waals surface area contributed by atoms with Gasteiger partial charge in [-0.2, -0.15) is 0 Å². The fourth-order valence-electron chi connectivity index (χ4n) is 2.91. The molecule has 0 amide bonds. The number of rotatable bonds is 10. The van der Waals surface area contributed by atoms with Crippen molar-refractivity contribution in [3.05, 3.63) is 34.9 Å². The van der Waals surface area contributed by atoms with E-state index in [0.717, 1.165) is 12.0 Å². The van der Waals surface area contributed by atoms with Crippen LogP contribution in [-0.4, -0.2) is 5.78 Å². The lowest BCUT2D eigenvalue weighted by Crippen LogP contribution is -2.00. The molecule has 0 aliphatic carbocycles. The van der Waals surface area contributed by atoms with Gasteiger partial charge in [0.2, 0.25) is 0 Å². The second-order valence-electron chi connectivity index (χ2n) is 6.12. The van der Waals surface area contributed by atoms with E-state index in [2.05, 4.69) is 6.92 Å². The average molecular weight is 288 g/mol. The molecule has 0 saturated heterocycles. The van der Waals surface area contributed by atoms with Crippen LogP contribution < -0.4 is 0 Å². The number of hydrogen-bond acceptors (Lipinski definition) is 2. The SMILES string of the molecule is CCCCCCCCCCC(=O)c1ccc2c(c1)COC2. The quantitative estimate of drug-likeness (QED) is 0.424. The first-order chi connectivity index (χ1) is 10.3. The first-order valence-corrected chi connectivity index (χ1v) is 8.54. The van der Waals surface area contributed by atoms with Crippen molar-refractivity contribution in [1.82, 2.24) is 0 Å². The van der Waals surface area contributed by atoms with Crippen molar-refractivity contribution in [3.8, 4) is 0 Å². The summed E-state index contributed by atoms with van der Waals surface area (Å²) in [5.74, 6) is 0.288. The van der Waals surface area contributed by atoms with Crippen LogP contribution in [0.4, 0.5) is 0 Å². The number of hydrogen-bond donors (Lipinski definition) is 0. The normalized spacial score (nSPS) is 13.4. The van der Waals surface area contributed by atoms with Crippen molar-refractivity contribution in [3.63, 3.8) is 0 Å². The van der Waals surface area contributed by atoms with Crippen LogP contribution in [0, 0.1) is 0 Å². The zero-order valence-corrected chi connectivity index (χ0v) is 13.3. The molecule has 2 heteroatoms. The van der Waals surface area contributed by atoms with Gasteiger partial charge in [0, 0.05) is 12.0 Å². The van der Waals surface area contributed by atoms with Gasteiger partial charge in [0.15, 0.2) is 5.78 Å². The summed E-state index contributed by atoms with van der Waals surface area (Å²) in [6.45, 7) is 3.60. The monoisotopic (exact) mass is 288 g/mol. The molecule has 0 fully saturated rings. The van der Waals surface area contributed by atoms with Crippen LogP contribution in [0.25, 0.3) is 0 Å². The largest absolute Gasteiger partial charge is 0.372 e. The fourth-order valence-corrected chi connectivity index (χ4v) is 2.91. The summed E-state index contributed by atoms with van der Waals surface area (Å²) < 4.78 is 5.39. The van der Waals surface area contributed by atoms with Crippen LogP contribution >= 0.6 is 0 Å². The van der Waals surface area contributed by atoms with Gasteiger partial charge in [0.25, 0.3) is 0 Å². The number of fused-ring (bicyclic) bond motifs is 1. The van der Waals surface area contributed by atoms with E-state index in [1.54, 1.807) is 0 Å². The zero-order chi connectivity index (χ0) is 14.9. The van der Waals surface area contributed by atoms with Crippen molar-refractivity contribution in [1.29, 1.82) is 0 Å². The lowest BCUT2D eigenvalue weighted by atomic mass is 10.00. The number of Topliss-reactive ketones (excluding diaryl/α,β-unsaturated/α-hetero) is 1. The van der Waals surface area contributed by atoms with E-state index in [1.807, 2.05) is 18.2 Å². The second-order valence-corrected chi connectivity index (χ2v) is 6.12. The maximum absolute atomic E-state index is 12.2. The molecule has 0 spiro atoms. The molecule has 0 atom stereocenters. The molecule has 0 N–H and O–H groups in total. The lowest BCUT2D eigenvalue weighted by Gasteiger charge is -2.04. The van der Waals surface area contributed by atoms with E-state index in [-0.39, 0.29) is 5.78 Å². The first-order valence-electron chi connectivity index (χ1n) is 8.54. The lowest BCUT2D eigenvalue weighted by molar-refractivity contribution is 0.0979. The first kappa shape index (κ1) is 16.2. The van der Waals surface area contributed by atoms with E-state index in [4.69, 9.17) is 4.74 Å². The Hall–Kier alpha value is -1.15. The van der Waals surface area contributed by atoms with Crippen molar-refractivity contribution >= 4 is 5.78 Å². The van der Waals surface area contributed by atoms with Crippen molar-refractivity contribution < 1.29 is 9.53 Å². The molecule has 0 unspecified atom stereocenters. The number of ether oxygens (including phenoxy) is 1. The number of carbonyl (C=O) groups excluding carboxylic acids is 1. The molecule has 116 valence electrons. The van der Waals surface area contributed by atoms with Gasteiger partial charge in [0.05, 0.1) is 13.2 Å². The third kappa shape index (κ3) is 5.28. The number of unbranched alkanes of at least 4 members (excludes halogenated alkanes) is 7. The minimum absolute atomic E-state index is 0.288. The van der Waals surface area contributed by atoms with Crippen LogP contribution in [0.5, 0.6) is 0 Å². The summed E-state index contributed by atoms with van der Waals surface area (Å²) >= 11 is 0. The van der Waals surface area contributed by atoms with E-state index >= 15 is 0 Å². The molecule has 0 saturated carbocycles. The summed E-state index contributed by atoms with van der Waals surface area (Å²) in [5.41, 5.74) is 3.29. The van der Waals surface area contributed by atoms with Gasteiger partial charge in [-0.3, -0.25) is 4.79 Å². The Morgan fingerprint density at radius 2 is 1.62 bits per heavy atom. The summed E-state index contributed by atoms with van der Waals surface area (Å²) in [4.78, 5) is 12.2. The van der Waals surface area contributed by atoms with E-state index in [1.165, 1.54) is 56.1 Å². The van der Waals surface area contributed by atoms with Gasteiger partial charge in [-0.15, -0.1) is 0 Å². The highest BCUT2D eigenvalue weighted by atomic mass is 16.5. The predicted molar refractivity (Wildman–Crippen MR) is 86.5 cm³/mol. The van der Waals surface area contributed by atoms with Crippen LogP contribution in [0.2, 0.25) is 0 Å². The van der Waals surface area contributed by atoms with E-state index in [9.17, 15) is 4.79 Å². The van der Waals surface area contributed by atoms with Gasteiger partial charge < -0.3 is 4.74 Å². The molecule has 0 aromatic heterocycles. The summed E-state index contributed by atoms with van der Waals surface area (Å²) in [6.07, 6.45) is 10.9. The highest BCUT2D eigenvalue weighted by Gasteiger charge is 2.13. The van der Waals surface area contributed by atoms with Gasteiger partial charge in [-0.25, -0.2) is 0 Å². The number of carbonyl (C=O) groups is 1. The molecule has 1 aromatic rings.